The van der Waals surface area contributed by atoms with E-state index in [9.17, 15) is 9.59 Å². The number of nitrogens with zero attached hydrogens (tertiary/aromatic N) is 2. The van der Waals surface area contributed by atoms with Crippen LogP contribution in [0, 0.1) is 0 Å². The Labute approximate surface area is 137 Å². The van der Waals surface area contributed by atoms with Gasteiger partial charge in [0, 0.05) is 37.3 Å². The number of hydrogen-bond acceptors (Lipinski definition) is 3. The first-order valence-electron chi connectivity index (χ1n) is 8.52. The molecule has 2 amide bonds. The summed E-state index contributed by atoms with van der Waals surface area (Å²) < 4.78 is 5.27. The number of amides is 2. The van der Waals surface area contributed by atoms with Crippen molar-refractivity contribution in [3.05, 3.63) is 35.4 Å². The number of benzene rings is 1. The molecule has 2 fully saturated rings. The molecule has 0 aliphatic carbocycles. The lowest BCUT2D eigenvalue weighted by Gasteiger charge is -2.27. The van der Waals surface area contributed by atoms with Crippen molar-refractivity contribution >= 4 is 11.8 Å². The molecule has 23 heavy (non-hydrogen) atoms. The van der Waals surface area contributed by atoms with Crippen LogP contribution in [-0.4, -0.2) is 61.0 Å². The Morgan fingerprint density at radius 3 is 1.61 bits per heavy atom. The Balaban J connectivity index is 1.66. The van der Waals surface area contributed by atoms with E-state index in [0.717, 1.165) is 25.9 Å². The van der Waals surface area contributed by atoms with Crippen molar-refractivity contribution in [3.63, 3.8) is 0 Å². The molecular weight excluding hydrogens is 292 g/mol. The third-order valence-corrected chi connectivity index (χ3v) is 4.57. The van der Waals surface area contributed by atoms with Crippen LogP contribution < -0.4 is 0 Å². The number of ether oxygens (including phenoxy) is 1. The fourth-order valence-corrected chi connectivity index (χ4v) is 3.16. The maximum Gasteiger partial charge on any atom is 0.254 e. The van der Waals surface area contributed by atoms with Gasteiger partial charge in [-0.05, 0) is 37.1 Å². The molecule has 0 N–H and O–H groups in total. The predicted molar refractivity (Wildman–Crippen MR) is 87.5 cm³/mol. The van der Waals surface area contributed by atoms with Crippen LogP contribution in [-0.2, 0) is 4.74 Å². The van der Waals surface area contributed by atoms with Crippen LogP contribution in [0.5, 0.6) is 0 Å². The van der Waals surface area contributed by atoms with Gasteiger partial charge < -0.3 is 14.5 Å². The molecule has 2 aliphatic rings. The molecule has 2 saturated heterocycles. The van der Waals surface area contributed by atoms with Gasteiger partial charge in [-0.15, -0.1) is 0 Å². The molecule has 0 bridgehead atoms. The second-order valence-electron chi connectivity index (χ2n) is 6.19. The molecule has 1 aromatic carbocycles. The lowest BCUT2D eigenvalue weighted by atomic mass is 10.1. The summed E-state index contributed by atoms with van der Waals surface area (Å²) in [7, 11) is 0. The van der Waals surface area contributed by atoms with E-state index in [-0.39, 0.29) is 11.8 Å². The molecular formula is C18H24N2O3. The zero-order chi connectivity index (χ0) is 16.1. The highest BCUT2D eigenvalue weighted by Crippen LogP contribution is 2.15. The zero-order valence-electron chi connectivity index (χ0n) is 13.5. The van der Waals surface area contributed by atoms with Gasteiger partial charge in [0.25, 0.3) is 11.8 Å². The van der Waals surface area contributed by atoms with Crippen molar-refractivity contribution in [3.8, 4) is 0 Å². The van der Waals surface area contributed by atoms with Crippen LogP contribution in [0.1, 0.15) is 46.4 Å². The Kier molecular flexibility index (Phi) is 5.28. The topological polar surface area (TPSA) is 49.9 Å². The van der Waals surface area contributed by atoms with Crippen molar-refractivity contribution in [2.75, 3.05) is 39.4 Å². The first-order valence-corrected chi connectivity index (χ1v) is 8.52. The molecule has 0 unspecified atom stereocenters. The second-order valence-corrected chi connectivity index (χ2v) is 6.19. The maximum atomic E-state index is 12.5. The fraction of sp³-hybridized carbons (Fsp3) is 0.556. The van der Waals surface area contributed by atoms with Gasteiger partial charge in [-0.25, -0.2) is 0 Å². The number of likely N-dealkylation sites (tertiary alicyclic amines) is 1. The molecule has 0 radical (unpaired) electrons. The second kappa shape index (κ2) is 7.59. The average molecular weight is 316 g/mol. The summed E-state index contributed by atoms with van der Waals surface area (Å²) in [5.41, 5.74) is 1.31. The molecule has 0 saturated carbocycles. The number of carbonyl (C=O) groups excluding carboxylic acids is 2. The normalized spacial score (nSPS) is 19.3. The van der Waals surface area contributed by atoms with E-state index < -0.39 is 0 Å². The molecule has 2 aliphatic heterocycles. The first-order chi connectivity index (χ1) is 11.3. The molecule has 5 heteroatoms. The van der Waals surface area contributed by atoms with E-state index in [0.29, 0.717) is 37.4 Å². The van der Waals surface area contributed by atoms with Gasteiger partial charge in [0.1, 0.15) is 0 Å². The van der Waals surface area contributed by atoms with Crippen molar-refractivity contribution < 1.29 is 14.3 Å². The zero-order valence-corrected chi connectivity index (χ0v) is 13.5. The van der Waals surface area contributed by atoms with Crippen LogP contribution in [0.3, 0.4) is 0 Å². The van der Waals surface area contributed by atoms with E-state index >= 15 is 0 Å². The SMILES string of the molecule is O=C(c1ccc(C(=O)N2CCOCC2)cc1)N1CCCCCC1. The van der Waals surface area contributed by atoms with E-state index in [2.05, 4.69) is 0 Å². The summed E-state index contributed by atoms with van der Waals surface area (Å²) in [6, 6.07) is 7.09. The van der Waals surface area contributed by atoms with Crippen molar-refractivity contribution in [1.82, 2.24) is 9.80 Å². The predicted octanol–water partition coefficient (Wildman–Crippen LogP) is 2.18. The number of hydrogen-bond donors (Lipinski definition) is 0. The highest BCUT2D eigenvalue weighted by Gasteiger charge is 2.20. The van der Waals surface area contributed by atoms with Gasteiger partial charge in [-0.3, -0.25) is 9.59 Å². The highest BCUT2D eigenvalue weighted by molar-refractivity contribution is 5.97. The molecule has 124 valence electrons. The third kappa shape index (κ3) is 3.91. The van der Waals surface area contributed by atoms with Gasteiger partial charge in [-0.2, -0.15) is 0 Å². The smallest absolute Gasteiger partial charge is 0.254 e. The van der Waals surface area contributed by atoms with Gasteiger partial charge >= 0.3 is 0 Å². The molecule has 5 nitrogen and oxygen atoms in total. The van der Waals surface area contributed by atoms with Gasteiger partial charge in [0.15, 0.2) is 0 Å². The van der Waals surface area contributed by atoms with Crippen molar-refractivity contribution in [1.29, 1.82) is 0 Å². The minimum absolute atomic E-state index is 0.0158. The summed E-state index contributed by atoms with van der Waals surface area (Å²) in [5, 5.41) is 0. The standard InChI is InChI=1S/C18H24N2O3/c21-17(19-9-3-1-2-4-10-19)15-5-7-16(8-6-15)18(22)20-11-13-23-14-12-20/h5-8H,1-4,9-14H2. The van der Waals surface area contributed by atoms with Crippen molar-refractivity contribution in [2.24, 2.45) is 0 Å². The quantitative estimate of drug-likeness (QED) is 0.840. The Morgan fingerprint density at radius 1 is 0.696 bits per heavy atom. The lowest BCUT2D eigenvalue weighted by molar-refractivity contribution is 0.0303. The van der Waals surface area contributed by atoms with Gasteiger partial charge in [0.2, 0.25) is 0 Å². The highest BCUT2D eigenvalue weighted by atomic mass is 16.5. The van der Waals surface area contributed by atoms with Crippen LogP contribution in [0.2, 0.25) is 0 Å². The van der Waals surface area contributed by atoms with Crippen molar-refractivity contribution in [2.45, 2.75) is 25.7 Å². The minimum Gasteiger partial charge on any atom is -0.378 e. The van der Waals surface area contributed by atoms with Crippen LogP contribution in [0.25, 0.3) is 0 Å². The molecule has 1 aromatic rings. The summed E-state index contributed by atoms with van der Waals surface area (Å²) in [6.45, 7) is 4.13. The first kappa shape index (κ1) is 16.0. The molecule has 3 rings (SSSR count). The maximum absolute atomic E-state index is 12.5. The Morgan fingerprint density at radius 2 is 1.13 bits per heavy atom. The average Bonchev–Trinajstić information content (AvgIpc) is 2.91. The number of rotatable bonds is 2. The lowest BCUT2D eigenvalue weighted by Crippen LogP contribution is -2.40. The van der Waals surface area contributed by atoms with E-state index in [1.165, 1.54) is 12.8 Å². The Bertz CT molecular complexity index is 542. The summed E-state index contributed by atoms with van der Waals surface area (Å²) >= 11 is 0. The third-order valence-electron chi connectivity index (χ3n) is 4.57. The van der Waals surface area contributed by atoms with Gasteiger partial charge in [0.05, 0.1) is 13.2 Å². The van der Waals surface area contributed by atoms with Crippen LogP contribution in [0.15, 0.2) is 24.3 Å². The van der Waals surface area contributed by atoms with Crippen LogP contribution in [0.4, 0.5) is 0 Å². The van der Waals surface area contributed by atoms with E-state index in [1.807, 2.05) is 4.90 Å². The van der Waals surface area contributed by atoms with Gasteiger partial charge in [-0.1, -0.05) is 12.8 Å². The molecule has 2 heterocycles. The largest absolute Gasteiger partial charge is 0.378 e. The monoisotopic (exact) mass is 316 g/mol. The molecule has 0 atom stereocenters. The fourth-order valence-electron chi connectivity index (χ4n) is 3.16. The molecule has 0 aromatic heterocycles. The number of carbonyl (C=O) groups is 2. The number of morpholine rings is 1. The van der Waals surface area contributed by atoms with Crippen LogP contribution >= 0.6 is 0 Å². The van der Waals surface area contributed by atoms with E-state index in [4.69, 9.17) is 4.74 Å². The summed E-state index contributed by atoms with van der Waals surface area (Å²) in [5.74, 6) is 0.0966. The minimum atomic E-state index is 0.0158. The Hall–Kier alpha value is -1.88. The summed E-state index contributed by atoms with van der Waals surface area (Å²) in [6.07, 6.45) is 4.58. The summed E-state index contributed by atoms with van der Waals surface area (Å²) in [4.78, 5) is 28.7. The molecule has 0 spiro atoms. The van der Waals surface area contributed by atoms with E-state index in [1.54, 1.807) is 29.2 Å².